The fourth-order valence-electron chi connectivity index (χ4n) is 1.94. The van der Waals surface area contributed by atoms with Crippen molar-refractivity contribution in [3.63, 3.8) is 0 Å². The number of aromatic nitrogens is 1. The van der Waals surface area contributed by atoms with Gasteiger partial charge >= 0.3 is 0 Å². The zero-order valence-electron chi connectivity index (χ0n) is 11.8. The summed E-state index contributed by atoms with van der Waals surface area (Å²) in [5.41, 5.74) is 2.70. The second-order valence-corrected chi connectivity index (χ2v) is 4.67. The molecule has 2 aromatic rings. The van der Waals surface area contributed by atoms with Gasteiger partial charge in [0.2, 0.25) is 5.89 Å². The highest BCUT2D eigenvalue weighted by Crippen LogP contribution is 2.24. The van der Waals surface area contributed by atoms with Gasteiger partial charge in [0.25, 0.3) is 0 Å². The van der Waals surface area contributed by atoms with Crippen molar-refractivity contribution in [1.82, 2.24) is 4.98 Å². The third kappa shape index (κ3) is 3.37. The van der Waals surface area contributed by atoms with Gasteiger partial charge in [-0.25, -0.2) is 4.98 Å². The molecule has 1 heterocycles. The molecule has 1 unspecified atom stereocenters. The first-order valence-corrected chi connectivity index (χ1v) is 6.73. The lowest BCUT2D eigenvalue weighted by Crippen LogP contribution is -2.22. The normalized spacial score (nSPS) is 12.4. The fourth-order valence-corrected chi connectivity index (χ4v) is 1.94. The van der Waals surface area contributed by atoms with Gasteiger partial charge in [0, 0.05) is 17.8 Å². The van der Waals surface area contributed by atoms with Crippen LogP contribution in [0.3, 0.4) is 0 Å². The Hall–Kier alpha value is -1.85. The van der Waals surface area contributed by atoms with Crippen molar-refractivity contribution in [2.45, 2.75) is 26.4 Å². The van der Waals surface area contributed by atoms with Crippen molar-refractivity contribution >= 4 is 5.69 Å². The summed E-state index contributed by atoms with van der Waals surface area (Å²) in [6.07, 6.45) is 0.0741. The number of rotatable bonds is 6. The Bertz CT molecular complexity index is 566. The summed E-state index contributed by atoms with van der Waals surface area (Å²) >= 11 is 0. The molecule has 0 saturated heterocycles. The fraction of sp³-hybridized carbons (Fsp3) is 0.400. The van der Waals surface area contributed by atoms with E-state index in [0.717, 1.165) is 29.1 Å². The van der Waals surface area contributed by atoms with Gasteiger partial charge in [-0.15, -0.1) is 0 Å². The largest absolute Gasteiger partial charge is 0.441 e. The maximum atomic E-state index is 9.33. The highest BCUT2D eigenvalue weighted by atomic mass is 16.4. The first-order valence-electron chi connectivity index (χ1n) is 6.73. The number of oxazole rings is 1. The monoisotopic (exact) mass is 276 g/mol. The number of anilines is 1. The molecule has 0 fully saturated rings. The van der Waals surface area contributed by atoms with Crippen molar-refractivity contribution in [1.29, 1.82) is 0 Å². The van der Waals surface area contributed by atoms with Crippen LogP contribution in [0.15, 0.2) is 28.7 Å². The molecule has 1 aromatic heterocycles. The summed E-state index contributed by atoms with van der Waals surface area (Å²) < 4.78 is 5.67. The molecule has 0 radical (unpaired) electrons. The van der Waals surface area contributed by atoms with Crippen LogP contribution in [-0.2, 0) is 6.42 Å². The number of nitrogens with one attached hydrogen (secondary N) is 1. The van der Waals surface area contributed by atoms with Crippen molar-refractivity contribution in [3.8, 4) is 11.5 Å². The average Bonchev–Trinajstić information content (AvgIpc) is 2.86. The summed E-state index contributed by atoms with van der Waals surface area (Å²) in [5.74, 6) is 1.45. The SMILES string of the molecule is CCc1nc(-c2cccc(NCC(O)CO)c2)oc1C. The average molecular weight is 276 g/mol. The number of benzene rings is 1. The molecule has 0 bridgehead atoms. The Morgan fingerprint density at radius 2 is 2.20 bits per heavy atom. The maximum Gasteiger partial charge on any atom is 0.226 e. The molecule has 2 rings (SSSR count). The summed E-state index contributed by atoms with van der Waals surface area (Å²) in [6.45, 7) is 3.99. The third-order valence-electron chi connectivity index (χ3n) is 3.09. The standard InChI is InChI=1S/C15H20N2O3/c1-3-14-10(2)20-15(17-14)11-5-4-6-12(7-11)16-8-13(19)9-18/h4-7,13,16,18-19H,3,8-9H2,1-2H3. The van der Waals surface area contributed by atoms with Crippen LogP contribution in [0.2, 0.25) is 0 Å². The van der Waals surface area contributed by atoms with Gasteiger partial charge < -0.3 is 19.9 Å². The van der Waals surface area contributed by atoms with Crippen LogP contribution >= 0.6 is 0 Å². The Labute approximate surface area is 118 Å². The van der Waals surface area contributed by atoms with E-state index in [-0.39, 0.29) is 6.61 Å². The summed E-state index contributed by atoms with van der Waals surface area (Å²) in [6, 6.07) is 7.63. The van der Waals surface area contributed by atoms with Crippen LogP contribution in [0, 0.1) is 6.92 Å². The quantitative estimate of drug-likeness (QED) is 0.752. The van der Waals surface area contributed by atoms with Gasteiger partial charge in [0.05, 0.1) is 18.4 Å². The molecule has 5 nitrogen and oxygen atoms in total. The molecular weight excluding hydrogens is 256 g/mol. The molecule has 0 amide bonds. The summed E-state index contributed by atoms with van der Waals surface area (Å²) in [5, 5.41) is 21.2. The van der Waals surface area contributed by atoms with Gasteiger partial charge in [-0.1, -0.05) is 13.0 Å². The molecule has 1 atom stereocenters. The van der Waals surface area contributed by atoms with Crippen LogP contribution < -0.4 is 5.32 Å². The van der Waals surface area contributed by atoms with Crippen molar-refractivity contribution in [2.75, 3.05) is 18.5 Å². The number of aliphatic hydroxyl groups is 2. The molecule has 0 aliphatic rings. The smallest absolute Gasteiger partial charge is 0.226 e. The molecule has 108 valence electrons. The van der Waals surface area contributed by atoms with E-state index in [1.807, 2.05) is 38.1 Å². The van der Waals surface area contributed by atoms with Gasteiger partial charge in [-0.3, -0.25) is 0 Å². The molecule has 0 aliphatic carbocycles. The van der Waals surface area contributed by atoms with E-state index in [0.29, 0.717) is 12.4 Å². The molecule has 3 N–H and O–H groups in total. The molecule has 1 aromatic carbocycles. The van der Waals surface area contributed by atoms with Crippen LogP contribution in [0.5, 0.6) is 0 Å². The van der Waals surface area contributed by atoms with E-state index in [1.54, 1.807) is 0 Å². The number of hydrogen-bond acceptors (Lipinski definition) is 5. The van der Waals surface area contributed by atoms with Gasteiger partial charge in [0.15, 0.2) is 0 Å². The van der Waals surface area contributed by atoms with E-state index in [4.69, 9.17) is 9.52 Å². The predicted molar refractivity (Wildman–Crippen MR) is 77.6 cm³/mol. The highest BCUT2D eigenvalue weighted by molar-refractivity contribution is 5.61. The first-order chi connectivity index (χ1) is 9.63. The summed E-state index contributed by atoms with van der Waals surface area (Å²) in [4.78, 5) is 4.47. The second kappa shape index (κ2) is 6.54. The lowest BCUT2D eigenvalue weighted by Gasteiger charge is -2.10. The predicted octanol–water partition coefficient (Wildman–Crippen LogP) is 1.98. The highest BCUT2D eigenvalue weighted by Gasteiger charge is 2.10. The first kappa shape index (κ1) is 14.6. The molecule has 0 aliphatic heterocycles. The van der Waals surface area contributed by atoms with Crippen molar-refractivity contribution in [2.24, 2.45) is 0 Å². The van der Waals surface area contributed by atoms with E-state index >= 15 is 0 Å². The van der Waals surface area contributed by atoms with Crippen molar-refractivity contribution < 1.29 is 14.6 Å². The van der Waals surface area contributed by atoms with Gasteiger partial charge in [0.1, 0.15) is 5.76 Å². The molecule has 20 heavy (non-hydrogen) atoms. The Morgan fingerprint density at radius 3 is 2.85 bits per heavy atom. The minimum atomic E-state index is -0.769. The number of aryl methyl sites for hydroxylation is 2. The molecule has 0 saturated carbocycles. The lowest BCUT2D eigenvalue weighted by molar-refractivity contribution is 0.105. The van der Waals surface area contributed by atoms with E-state index < -0.39 is 6.10 Å². The van der Waals surface area contributed by atoms with E-state index in [9.17, 15) is 5.11 Å². The van der Waals surface area contributed by atoms with Crippen molar-refractivity contribution in [3.05, 3.63) is 35.7 Å². The zero-order chi connectivity index (χ0) is 14.5. The number of aliphatic hydroxyl groups excluding tert-OH is 2. The third-order valence-corrected chi connectivity index (χ3v) is 3.09. The Kier molecular flexibility index (Phi) is 4.76. The number of hydrogen-bond donors (Lipinski definition) is 3. The van der Waals surface area contributed by atoms with E-state index in [2.05, 4.69) is 10.3 Å². The minimum Gasteiger partial charge on any atom is -0.441 e. The van der Waals surface area contributed by atoms with Crippen LogP contribution in [0.4, 0.5) is 5.69 Å². The van der Waals surface area contributed by atoms with Crippen LogP contribution in [-0.4, -0.2) is 34.5 Å². The minimum absolute atomic E-state index is 0.258. The zero-order valence-corrected chi connectivity index (χ0v) is 11.8. The molecular formula is C15H20N2O3. The van der Waals surface area contributed by atoms with Crippen LogP contribution in [0.25, 0.3) is 11.5 Å². The van der Waals surface area contributed by atoms with Crippen LogP contribution in [0.1, 0.15) is 18.4 Å². The Balaban J connectivity index is 2.16. The summed E-state index contributed by atoms with van der Waals surface area (Å²) in [7, 11) is 0. The second-order valence-electron chi connectivity index (χ2n) is 4.67. The molecule has 5 heteroatoms. The Morgan fingerprint density at radius 1 is 1.40 bits per heavy atom. The lowest BCUT2D eigenvalue weighted by atomic mass is 10.2. The van der Waals surface area contributed by atoms with Gasteiger partial charge in [-0.2, -0.15) is 0 Å². The van der Waals surface area contributed by atoms with E-state index in [1.165, 1.54) is 0 Å². The topological polar surface area (TPSA) is 78.5 Å². The maximum absolute atomic E-state index is 9.33. The molecule has 0 spiro atoms. The number of nitrogens with zero attached hydrogens (tertiary/aromatic N) is 1. The van der Waals surface area contributed by atoms with Gasteiger partial charge in [-0.05, 0) is 31.5 Å².